The molecule has 0 fully saturated rings. The van der Waals surface area contributed by atoms with E-state index in [1.54, 1.807) is 12.1 Å². The summed E-state index contributed by atoms with van der Waals surface area (Å²) in [6.45, 7) is 0.483. The van der Waals surface area contributed by atoms with Crippen LogP contribution in [0.5, 0.6) is 17.2 Å². The summed E-state index contributed by atoms with van der Waals surface area (Å²) in [4.78, 5) is 12.1. The molecule has 0 unspecified atom stereocenters. The van der Waals surface area contributed by atoms with Crippen molar-refractivity contribution in [3.8, 4) is 17.2 Å². The Hall–Kier alpha value is -2.60. The number of methoxy groups -OCH3 is 3. The van der Waals surface area contributed by atoms with E-state index in [9.17, 15) is 4.79 Å². The maximum absolute atomic E-state index is 12.1. The number of hydrogen-bond donors (Lipinski definition) is 2. The Bertz CT molecular complexity index is 712. The Balaban J connectivity index is 1.95. The highest BCUT2D eigenvalue weighted by molar-refractivity contribution is 6.30. The van der Waals surface area contributed by atoms with Gasteiger partial charge in [-0.1, -0.05) is 23.7 Å². The van der Waals surface area contributed by atoms with E-state index in [1.807, 2.05) is 24.3 Å². The van der Waals surface area contributed by atoms with Crippen molar-refractivity contribution in [1.29, 1.82) is 0 Å². The van der Waals surface area contributed by atoms with Crippen LogP contribution in [0.1, 0.15) is 5.56 Å². The molecule has 2 aromatic carbocycles. The fourth-order valence-corrected chi connectivity index (χ4v) is 2.55. The van der Waals surface area contributed by atoms with Gasteiger partial charge in [-0.3, -0.25) is 0 Å². The third-order valence-electron chi connectivity index (χ3n) is 3.51. The van der Waals surface area contributed by atoms with Gasteiger partial charge in [-0.2, -0.15) is 0 Å². The molecule has 2 amide bonds. The minimum absolute atomic E-state index is 0.323. The van der Waals surface area contributed by atoms with Crippen molar-refractivity contribution >= 4 is 23.3 Å². The van der Waals surface area contributed by atoms with Gasteiger partial charge in [-0.25, -0.2) is 4.79 Å². The molecule has 0 saturated heterocycles. The van der Waals surface area contributed by atoms with Crippen LogP contribution in [0.15, 0.2) is 36.4 Å². The number of urea groups is 1. The van der Waals surface area contributed by atoms with E-state index in [1.165, 1.54) is 21.3 Å². The maximum atomic E-state index is 12.1. The van der Waals surface area contributed by atoms with E-state index in [0.717, 1.165) is 5.56 Å². The van der Waals surface area contributed by atoms with Crippen LogP contribution in [0.25, 0.3) is 0 Å². The summed E-state index contributed by atoms with van der Waals surface area (Å²) in [5.41, 5.74) is 1.59. The van der Waals surface area contributed by atoms with Crippen LogP contribution in [0, 0.1) is 0 Å². The van der Waals surface area contributed by atoms with E-state index < -0.39 is 0 Å². The van der Waals surface area contributed by atoms with Crippen molar-refractivity contribution in [3.05, 3.63) is 47.0 Å². The number of carbonyl (C=O) groups excluding carboxylic acids is 1. The summed E-state index contributed by atoms with van der Waals surface area (Å²) >= 11 is 5.94. The minimum Gasteiger partial charge on any atom is -0.493 e. The summed E-state index contributed by atoms with van der Waals surface area (Å²) in [5, 5.41) is 6.23. The van der Waals surface area contributed by atoms with Gasteiger partial charge in [0.05, 0.1) is 27.0 Å². The van der Waals surface area contributed by atoms with Crippen LogP contribution in [0.2, 0.25) is 5.02 Å². The Labute approximate surface area is 152 Å². The first-order valence-corrected chi connectivity index (χ1v) is 8.04. The normalized spacial score (nSPS) is 10.1. The second-order valence-corrected chi connectivity index (χ2v) is 5.61. The van der Waals surface area contributed by atoms with Gasteiger partial charge < -0.3 is 24.8 Å². The number of carbonyl (C=O) groups is 1. The Kier molecular flexibility index (Phi) is 6.77. The average Bonchev–Trinajstić information content (AvgIpc) is 2.60. The molecule has 0 aliphatic rings. The maximum Gasteiger partial charge on any atom is 0.319 e. The third-order valence-corrected chi connectivity index (χ3v) is 3.75. The standard InChI is InChI=1S/C18H21ClN2O4/c1-23-15-10-14(11-16(24-2)17(15)25-3)21-18(22)20-8-7-12-5-4-6-13(19)9-12/h4-6,9-11H,7-8H2,1-3H3,(H2,20,21,22). The lowest BCUT2D eigenvalue weighted by molar-refractivity contribution is 0.252. The van der Waals surface area contributed by atoms with Crippen LogP contribution in [-0.2, 0) is 6.42 Å². The lowest BCUT2D eigenvalue weighted by atomic mass is 10.1. The van der Waals surface area contributed by atoms with Crippen LogP contribution in [0.3, 0.4) is 0 Å². The number of ether oxygens (including phenoxy) is 3. The summed E-state index contributed by atoms with van der Waals surface area (Å²) in [5.74, 6) is 1.41. The Morgan fingerprint density at radius 3 is 2.28 bits per heavy atom. The predicted molar refractivity (Wildman–Crippen MR) is 98.3 cm³/mol. The van der Waals surface area contributed by atoms with Gasteiger partial charge in [0.15, 0.2) is 11.5 Å². The van der Waals surface area contributed by atoms with Crippen LogP contribution < -0.4 is 24.8 Å². The Morgan fingerprint density at radius 1 is 1.04 bits per heavy atom. The number of hydrogen-bond acceptors (Lipinski definition) is 4. The number of nitrogens with one attached hydrogen (secondary N) is 2. The number of amides is 2. The van der Waals surface area contributed by atoms with Crippen LogP contribution in [0.4, 0.5) is 10.5 Å². The van der Waals surface area contributed by atoms with Gasteiger partial charge in [0.1, 0.15) is 0 Å². The first kappa shape index (κ1) is 18.7. The molecule has 0 aliphatic heterocycles. The first-order chi connectivity index (χ1) is 12.1. The molecule has 2 rings (SSSR count). The van der Waals surface area contributed by atoms with E-state index in [-0.39, 0.29) is 6.03 Å². The summed E-state index contributed by atoms with van der Waals surface area (Å²) in [6.07, 6.45) is 0.684. The minimum atomic E-state index is -0.323. The highest BCUT2D eigenvalue weighted by Crippen LogP contribution is 2.39. The molecule has 0 saturated carbocycles. The third kappa shape index (κ3) is 5.19. The predicted octanol–water partition coefficient (Wildman–Crippen LogP) is 3.73. The van der Waals surface area contributed by atoms with Gasteiger partial charge in [0.2, 0.25) is 5.75 Å². The van der Waals surface area contributed by atoms with Crippen molar-refractivity contribution < 1.29 is 19.0 Å². The van der Waals surface area contributed by atoms with Crippen LogP contribution >= 0.6 is 11.6 Å². The summed E-state index contributed by atoms with van der Waals surface area (Å²) < 4.78 is 15.8. The van der Waals surface area contributed by atoms with E-state index in [2.05, 4.69) is 10.6 Å². The molecule has 0 spiro atoms. The molecule has 2 N–H and O–H groups in total. The molecular formula is C18H21ClN2O4. The molecule has 0 heterocycles. The summed E-state index contributed by atoms with van der Waals surface area (Å²) in [7, 11) is 4.56. The van der Waals surface area contributed by atoms with Crippen molar-refractivity contribution in [3.63, 3.8) is 0 Å². The number of benzene rings is 2. The highest BCUT2D eigenvalue weighted by atomic mass is 35.5. The second-order valence-electron chi connectivity index (χ2n) is 5.17. The molecule has 134 valence electrons. The lowest BCUT2D eigenvalue weighted by Gasteiger charge is -2.15. The molecule has 0 radical (unpaired) electrons. The van der Waals surface area contributed by atoms with Crippen molar-refractivity contribution in [2.75, 3.05) is 33.2 Å². The van der Waals surface area contributed by atoms with E-state index in [0.29, 0.717) is 40.9 Å². The Morgan fingerprint density at radius 2 is 1.72 bits per heavy atom. The van der Waals surface area contributed by atoms with Crippen molar-refractivity contribution in [2.45, 2.75) is 6.42 Å². The van der Waals surface area contributed by atoms with Gasteiger partial charge in [-0.05, 0) is 24.1 Å². The highest BCUT2D eigenvalue weighted by Gasteiger charge is 2.14. The van der Waals surface area contributed by atoms with Gasteiger partial charge >= 0.3 is 6.03 Å². The summed E-state index contributed by atoms with van der Waals surface area (Å²) in [6, 6.07) is 10.5. The van der Waals surface area contributed by atoms with E-state index >= 15 is 0 Å². The fourth-order valence-electron chi connectivity index (χ4n) is 2.34. The van der Waals surface area contributed by atoms with Gasteiger partial charge in [-0.15, -0.1) is 0 Å². The zero-order valence-corrected chi connectivity index (χ0v) is 15.1. The number of rotatable bonds is 7. The largest absolute Gasteiger partial charge is 0.493 e. The lowest BCUT2D eigenvalue weighted by Crippen LogP contribution is -2.30. The van der Waals surface area contributed by atoms with Gasteiger partial charge in [0.25, 0.3) is 0 Å². The number of halogens is 1. The first-order valence-electron chi connectivity index (χ1n) is 7.66. The molecule has 7 heteroatoms. The number of anilines is 1. The molecule has 2 aromatic rings. The van der Waals surface area contributed by atoms with Crippen molar-refractivity contribution in [1.82, 2.24) is 5.32 Å². The smallest absolute Gasteiger partial charge is 0.319 e. The van der Waals surface area contributed by atoms with Gasteiger partial charge in [0, 0.05) is 23.7 Å². The zero-order valence-electron chi connectivity index (χ0n) is 14.4. The molecule has 0 aliphatic carbocycles. The molecule has 25 heavy (non-hydrogen) atoms. The quantitative estimate of drug-likeness (QED) is 0.785. The monoisotopic (exact) mass is 364 g/mol. The average molecular weight is 365 g/mol. The molecule has 6 nitrogen and oxygen atoms in total. The molecule has 0 bridgehead atoms. The molecule has 0 aromatic heterocycles. The topological polar surface area (TPSA) is 68.8 Å². The SMILES string of the molecule is COc1cc(NC(=O)NCCc2cccc(Cl)c2)cc(OC)c1OC. The second kappa shape index (κ2) is 9.03. The molecular weight excluding hydrogens is 344 g/mol. The van der Waals surface area contributed by atoms with Crippen LogP contribution in [-0.4, -0.2) is 33.9 Å². The molecule has 0 atom stereocenters. The van der Waals surface area contributed by atoms with Crippen molar-refractivity contribution in [2.24, 2.45) is 0 Å². The zero-order chi connectivity index (χ0) is 18.2. The fraction of sp³-hybridized carbons (Fsp3) is 0.278. The van der Waals surface area contributed by atoms with E-state index in [4.69, 9.17) is 25.8 Å².